The van der Waals surface area contributed by atoms with Gasteiger partial charge in [0.15, 0.2) is 0 Å². The van der Waals surface area contributed by atoms with E-state index in [1.807, 2.05) is 25.0 Å². The van der Waals surface area contributed by atoms with E-state index in [0.29, 0.717) is 0 Å². The van der Waals surface area contributed by atoms with E-state index in [2.05, 4.69) is 67.4 Å². The standard InChI is InChI=1S/C13H15Br2N3/c1-8-6-9(4-5-10(8)14)12(16-2)13-11(15)7-17-18(13)3/h4-7,12,16H,1-3H3. The molecule has 0 aliphatic heterocycles. The molecule has 0 fully saturated rings. The Hall–Kier alpha value is -0.650. The van der Waals surface area contributed by atoms with Crippen LogP contribution in [0.4, 0.5) is 0 Å². The molecule has 96 valence electrons. The summed E-state index contributed by atoms with van der Waals surface area (Å²) in [5.41, 5.74) is 3.58. The number of aryl methyl sites for hydroxylation is 2. The summed E-state index contributed by atoms with van der Waals surface area (Å²) < 4.78 is 4.04. The van der Waals surface area contributed by atoms with Gasteiger partial charge >= 0.3 is 0 Å². The fourth-order valence-electron chi connectivity index (χ4n) is 2.05. The smallest absolute Gasteiger partial charge is 0.0757 e. The number of halogens is 2. The third-order valence-electron chi connectivity index (χ3n) is 3.02. The lowest BCUT2D eigenvalue weighted by molar-refractivity contribution is 0.603. The van der Waals surface area contributed by atoms with Gasteiger partial charge in [0.2, 0.25) is 0 Å². The second-order valence-electron chi connectivity index (χ2n) is 4.23. The molecule has 0 saturated heterocycles. The van der Waals surface area contributed by atoms with Gasteiger partial charge in [-0.25, -0.2) is 0 Å². The van der Waals surface area contributed by atoms with E-state index in [-0.39, 0.29) is 6.04 Å². The molecule has 0 bridgehead atoms. The molecule has 0 aliphatic carbocycles. The fraction of sp³-hybridized carbons (Fsp3) is 0.308. The summed E-state index contributed by atoms with van der Waals surface area (Å²) in [7, 11) is 3.91. The summed E-state index contributed by atoms with van der Waals surface area (Å²) in [4.78, 5) is 0. The average molecular weight is 373 g/mol. The van der Waals surface area contributed by atoms with Gasteiger partial charge in [-0.05, 0) is 47.1 Å². The quantitative estimate of drug-likeness (QED) is 0.892. The van der Waals surface area contributed by atoms with Gasteiger partial charge in [0.1, 0.15) is 0 Å². The van der Waals surface area contributed by atoms with E-state index >= 15 is 0 Å². The Bertz CT molecular complexity index is 544. The number of aromatic nitrogens is 2. The summed E-state index contributed by atoms with van der Waals surface area (Å²) in [6, 6.07) is 6.51. The van der Waals surface area contributed by atoms with E-state index < -0.39 is 0 Å². The van der Waals surface area contributed by atoms with Gasteiger partial charge < -0.3 is 5.32 Å². The van der Waals surface area contributed by atoms with Gasteiger partial charge in [0.05, 0.1) is 22.4 Å². The van der Waals surface area contributed by atoms with Crippen LogP contribution in [0.2, 0.25) is 0 Å². The summed E-state index contributed by atoms with van der Waals surface area (Å²) in [5, 5.41) is 7.61. The van der Waals surface area contributed by atoms with E-state index in [9.17, 15) is 0 Å². The van der Waals surface area contributed by atoms with Crippen molar-refractivity contribution in [2.75, 3.05) is 7.05 Å². The third-order valence-corrected chi connectivity index (χ3v) is 4.52. The lowest BCUT2D eigenvalue weighted by Gasteiger charge is -2.18. The van der Waals surface area contributed by atoms with Crippen molar-refractivity contribution >= 4 is 31.9 Å². The summed E-state index contributed by atoms with van der Waals surface area (Å²) in [6.07, 6.45) is 1.82. The minimum absolute atomic E-state index is 0.124. The second kappa shape index (κ2) is 5.55. The Morgan fingerprint density at radius 2 is 2.00 bits per heavy atom. The van der Waals surface area contributed by atoms with Crippen molar-refractivity contribution in [3.05, 3.63) is 50.2 Å². The molecule has 1 aromatic carbocycles. The van der Waals surface area contributed by atoms with Crippen molar-refractivity contribution in [3.8, 4) is 0 Å². The van der Waals surface area contributed by atoms with Gasteiger partial charge in [0, 0.05) is 11.5 Å². The van der Waals surface area contributed by atoms with Gasteiger partial charge in [-0.2, -0.15) is 5.10 Å². The lowest BCUT2D eigenvalue weighted by Crippen LogP contribution is -2.21. The van der Waals surface area contributed by atoms with E-state index in [4.69, 9.17) is 0 Å². The Labute approximate surface area is 124 Å². The average Bonchev–Trinajstić information content (AvgIpc) is 2.66. The van der Waals surface area contributed by atoms with Crippen molar-refractivity contribution in [1.82, 2.24) is 15.1 Å². The van der Waals surface area contributed by atoms with Gasteiger partial charge in [-0.3, -0.25) is 4.68 Å². The molecule has 18 heavy (non-hydrogen) atoms. The molecule has 1 aromatic heterocycles. The van der Waals surface area contributed by atoms with Crippen LogP contribution >= 0.6 is 31.9 Å². The van der Waals surface area contributed by atoms with Crippen LogP contribution in [0.25, 0.3) is 0 Å². The zero-order chi connectivity index (χ0) is 13.3. The summed E-state index contributed by atoms with van der Waals surface area (Å²) in [5.74, 6) is 0. The minimum atomic E-state index is 0.124. The number of nitrogens with one attached hydrogen (secondary N) is 1. The van der Waals surface area contributed by atoms with Crippen LogP contribution in [0.5, 0.6) is 0 Å². The van der Waals surface area contributed by atoms with Crippen LogP contribution in [0.15, 0.2) is 33.3 Å². The van der Waals surface area contributed by atoms with Gasteiger partial charge in [0.25, 0.3) is 0 Å². The molecule has 0 radical (unpaired) electrons. The van der Waals surface area contributed by atoms with Crippen LogP contribution < -0.4 is 5.32 Å². The second-order valence-corrected chi connectivity index (χ2v) is 5.94. The van der Waals surface area contributed by atoms with Gasteiger partial charge in [-0.1, -0.05) is 28.1 Å². The fourth-order valence-corrected chi connectivity index (χ4v) is 2.88. The normalized spacial score (nSPS) is 12.7. The predicted octanol–water partition coefficient (Wildman–Crippen LogP) is 3.56. The zero-order valence-electron chi connectivity index (χ0n) is 10.5. The molecular formula is C13H15Br2N3. The molecule has 0 aliphatic rings. The molecule has 0 spiro atoms. The first-order valence-corrected chi connectivity index (χ1v) is 7.24. The Morgan fingerprint density at radius 3 is 2.50 bits per heavy atom. The summed E-state index contributed by atoms with van der Waals surface area (Å²) in [6.45, 7) is 2.10. The molecule has 5 heteroatoms. The number of hydrogen-bond acceptors (Lipinski definition) is 2. The molecule has 2 aromatic rings. The van der Waals surface area contributed by atoms with Crippen LogP contribution in [0, 0.1) is 6.92 Å². The van der Waals surface area contributed by atoms with E-state index in [1.165, 1.54) is 11.1 Å². The number of hydrogen-bond donors (Lipinski definition) is 1. The van der Waals surface area contributed by atoms with Crippen LogP contribution in [-0.2, 0) is 7.05 Å². The first-order valence-electron chi connectivity index (χ1n) is 5.65. The van der Waals surface area contributed by atoms with E-state index in [1.54, 1.807) is 0 Å². The topological polar surface area (TPSA) is 29.9 Å². The molecule has 0 saturated carbocycles. The highest BCUT2D eigenvalue weighted by atomic mass is 79.9. The highest BCUT2D eigenvalue weighted by Crippen LogP contribution is 2.29. The maximum Gasteiger partial charge on any atom is 0.0757 e. The highest BCUT2D eigenvalue weighted by Gasteiger charge is 2.19. The predicted molar refractivity (Wildman–Crippen MR) is 80.7 cm³/mol. The van der Waals surface area contributed by atoms with Crippen LogP contribution in [-0.4, -0.2) is 16.8 Å². The summed E-state index contributed by atoms with van der Waals surface area (Å²) >= 11 is 7.09. The Morgan fingerprint density at radius 1 is 1.28 bits per heavy atom. The maximum absolute atomic E-state index is 4.27. The third kappa shape index (κ3) is 2.53. The van der Waals surface area contributed by atoms with Gasteiger partial charge in [-0.15, -0.1) is 0 Å². The monoisotopic (exact) mass is 371 g/mol. The number of nitrogens with zero attached hydrogens (tertiary/aromatic N) is 2. The number of benzene rings is 1. The molecular weight excluding hydrogens is 358 g/mol. The van der Waals surface area contributed by atoms with Crippen LogP contribution in [0.3, 0.4) is 0 Å². The highest BCUT2D eigenvalue weighted by molar-refractivity contribution is 9.10. The van der Waals surface area contributed by atoms with Crippen molar-refractivity contribution < 1.29 is 0 Å². The largest absolute Gasteiger partial charge is 0.308 e. The zero-order valence-corrected chi connectivity index (χ0v) is 13.7. The lowest BCUT2D eigenvalue weighted by atomic mass is 10.0. The molecule has 1 N–H and O–H groups in total. The molecule has 1 atom stereocenters. The van der Waals surface area contributed by atoms with Crippen LogP contribution in [0.1, 0.15) is 22.9 Å². The molecule has 1 unspecified atom stereocenters. The first-order chi connectivity index (χ1) is 8.54. The van der Waals surface area contributed by atoms with Crippen molar-refractivity contribution in [3.63, 3.8) is 0 Å². The first kappa shape index (κ1) is 13.8. The van der Waals surface area contributed by atoms with E-state index in [0.717, 1.165) is 14.6 Å². The molecule has 3 nitrogen and oxygen atoms in total. The number of rotatable bonds is 3. The van der Waals surface area contributed by atoms with Crippen molar-refractivity contribution in [2.45, 2.75) is 13.0 Å². The molecule has 1 heterocycles. The van der Waals surface area contributed by atoms with Crippen molar-refractivity contribution in [1.29, 1.82) is 0 Å². The molecule has 0 amide bonds. The minimum Gasteiger partial charge on any atom is -0.308 e. The molecule has 2 rings (SSSR count). The Kier molecular flexibility index (Phi) is 4.25. The SMILES string of the molecule is CNC(c1ccc(Br)c(C)c1)c1c(Br)cnn1C. The van der Waals surface area contributed by atoms with Crippen molar-refractivity contribution in [2.24, 2.45) is 7.05 Å². The Balaban J connectivity index is 2.48. The maximum atomic E-state index is 4.27.